The summed E-state index contributed by atoms with van der Waals surface area (Å²) in [5.41, 5.74) is -0.224. The van der Waals surface area contributed by atoms with Gasteiger partial charge in [-0.1, -0.05) is 20.3 Å². The van der Waals surface area contributed by atoms with Gasteiger partial charge in [0, 0.05) is 0 Å². The van der Waals surface area contributed by atoms with E-state index in [0.717, 1.165) is 25.7 Å². The van der Waals surface area contributed by atoms with Gasteiger partial charge < -0.3 is 4.74 Å². The molecule has 0 aliphatic carbocycles. The normalized spacial score (nSPS) is 15.5. The van der Waals surface area contributed by atoms with Crippen molar-refractivity contribution in [2.75, 3.05) is 0 Å². The molecule has 0 aliphatic rings. The number of ether oxygens (including phenoxy) is 1. The van der Waals surface area contributed by atoms with E-state index in [1.807, 2.05) is 13.8 Å². The van der Waals surface area contributed by atoms with Crippen LogP contribution in [0.3, 0.4) is 0 Å². The molecule has 0 heterocycles. The van der Waals surface area contributed by atoms with Crippen LogP contribution >= 0.6 is 0 Å². The fourth-order valence-electron chi connectivity index (χ4n) is 0.986. The lowest BCUT2D eigenvalue weighted by Gasteiger charge is -2.25. The Kier molecular flexibility index (Phi) is 4.92. The van der Waals surface area contributed by atoms with Gasteiger partial charge in [-0.15, -0.1) is 0 Å². The van der Waals surface area contributed by atoms with Crippen molar-refractivity contribution in [3.8, 4) is 0 Å². The molecular weight excluding hydrogens is 140 g/mol. The van der Waals surface area contributed by atoms with Gasteiger partial charge in [0.05, 0.1) is 0 Å². The number of carbonyl (C=O) groups is 1. The van der Waals surface area contributed by atoms with Crippen LogP contribution in [-0.4, -0.2) is 12.1 Å². The second kappa shape index (κ2) is 5.16. The van der Waals surface area contributed by atoms with E-state index in [1.165, 1.54) is 0 Å². The first-order valence-corrected chi connectivity index (χ1v) is 4.30. The van der Waals surface area contributed by atoms with Crippen LogP contribution in [0.1, 0.15) is 46.5 Å². The molecule has 1 unspecified atom stereocenters. The highest BCUT2D eigenvalue weighted by Gasteiger charge is 2.21. The Balaban J connectivity index is 3.77. The second-order valence-electron chi connectivity index (χ2n) is 3.12. The van der Waals surface area contributed by atoms with Crippen molar-refractivity contribution in [3.63, 3.8) is 0 Å². The first-order chi connectivity index (χ1) is 5.18. The molecule has 0 aliphatic heterocycles. The zero-order chi connectivity index (χ0) is 8.74. The minimum absolute atomic E-state index is 0.224. The van der Waals surface area contributed by atoms with E-state index in [4.69, 9.17) is 4.74 Å². The van der Waals surface area contributed by atoms with E-state index in [-0.39, 0.29) is 5.60 Å². The van der Waals surface area contributed by atoms with E-state index in [2.05, 4.69) is 6.92 Å². The monoisotopic (exact) mass is 158 g/mol. The Morgan fingerprint density at radius 1 is 1.45 bits per heavy atom. The van der Waals surface area contributed by atoms with E-state index >= 15 is 0 Å². The third-order valence-corrected chi connectivity index (χ3v) is 2.14. The highest BCUT2D eigenvalue weighted by Crippen LogP contribution is 2.21. The van der Waals surface area contributed by atoms with Gasteiger partial charge in [0.2, 0.25) is 0 Å². The Morgan fingerprint density at radius 3 is 2.45 bits per heavy atom. The van der Waals surface area contributed by atoms with Crippen molar-refractivity contribution in [3.05, 3.63) is 0 Å². The summed E-state index contributed by atoms with van der Waals surface area (Å²) >= 11 is 0. The van der Waals surface area contributed by atoms with E-state index in [1.54, 1.807) is 0 Å². The van der Waals surface area contributed by atoms with Crippen molar-refractivity contribution in [2.24, 2.45) is 0 Å². The molecule has 0 fully saturated rings. The maximum Gasteiger partial charge on any atom is 0.293 e. The number of rotatable bonds is 6. The molecule has 11 heavy (non-hydrogen) atoms. The molecule has 0 bridgehead atoms. The van der Waals surface area contributed by atoms with Gasteiger partial charge in [0.1, 0.15) is 5.60 Å². The summed E-state index contributed by atoms with van der Waals surface area (Å²) in [4.78, 5) is 10.1. The van der Waals surface area contributed by atoms with Crippen molar-refractivity contribution in [1.82, 2.24) is 0 Å². The summed E-state index contributed by atoms with van der Waals surface area (Å²) in [7, 11) is 0. The van der Waals surface area contributed by atoms with Crippen LogP contribution in [0.2, 0.25) is 0 Å². The predicted octanol–water partition coefficient (Wildman–Crippen LogP) is 2.52. The zero-order valence-electron chi connectivity index (χ0n) is 7.72. The molecule has 1 atom stereocenters. The van der Waals surface area contributed by atoms with Crippen molar-refractivity contribution < 1.29 is 9.53 Å². The van der Waals surface area contributed by atoms with Gasteiger partial charge in [-0.2, -0.15) is 0 Å². The van der Waals surface area contributed by atoms with Gasteiger partial charge in [-0.3, -0.25) is 4.79 Å². The molecule has 0 aromatic heterocycles. The van der Waals surface area contributed by atoms with Gasteiger partial charge in [0.25, 0.3) is 6.47 Å². The maximum atomic E-state index is 10.1. The predicted molar refractivity (Wildman–Crippen MR) is 45.4 cm³/mol. The number of hydrogen-bond acceptors (Lipinski definition) is 2. The van der Waals surface area contributed by atoms with Gasteiger partial charge in [-0.25, -0.2) is 0 Å². The number of hydrogen-bond donors (Lipinski definition) is 0. The summed E-state index contributed by atoms with van der Waals surface area (Å²) < 4.78 is 5.00. The first kappa shape index (κ1) is 10.5. The molecule has 0 radical (unpaired) electrons. The molecule has 0 saturated heterocycles. The first-order valence-electron chi connectivity index (χ1n) is 4.30. The largest absolute Gasteiger partial charge is 0.462 e. The van der Waals surface area contributed by atoms with E-state index < -0.39 is 0 Å². The van der Waals surface area contributed by atoms with E-state index in [9.17, 15) is 4.79 Å². The van der Waals surface area contributed by atoms with Crippen LogP contribution in [-0.2, 0) is 9.53 Å². The van der Waals surface area contributed by atoms with Crippen LogP contribution in [0.25, 0.3) is 0 Å². The molecule has 0 aromatic rings. The van der Waals surface area contributed by atoms with Crippen LogP contribution in [0.5, 0.6) is 0 Å². The topological polar surface area (TPSA) is 26.3 Å². The fourth-order valence-corrected chi connectivity index (χ4v) is 0.986. The van der Waals surface area contributed by atoms with Crippen molar-refractivity contribution >= 4 is 6.47 Å². The molecule has 66 valence electrons. The van der Waals surface area contributed by atoms with Gasteiger partial charge in [-0.05, 0) is 26.2 Å². The third-order valence-electron chi connectivity index (χ3n) is 2.14. The standard InChI is InChI=1S/C9H18O2/c1-4-6-7-9(3,5-2)11-8-10/h8H,4-7H2,1-3H3. The molecule has 0 saturated carbocycles. The molecule has 0 amide bonds. The number of unbranched alkanes of at least 4 members (excludes halogenated alkanes) is 1. The summed E-state index contributed by atoms with van der Waals surface area (Å²) in [5.74, 6) is 0. The number of carbonyl (C=O) groups excluding carboxylic acids is 1. The van der Waals surface area contributed by atoms with Crippen LogP contribution in [0.4, 0.5) is 0 Å². The third kappa shape index (κ3) is 4.02. The minimum atomic E-state index is -0.224. The lowest BCUT2D eigenvalue weighted by Crippen LogP contribution is -2.26. The molecule has 0 aromatic carbocycles. The summed E-state index contributed by atoms with van der Waals surface area (Å²) in [6, 6.07) is 0. The zero-order valence-corrected chi connectivity index (χ0v) is 7.72. The lowest BCUT2D eigenvalue weighted by molar-refractivity contribution is -0.143. The average molecular weight is 158 g/mol. The quantitative estimate of drug-likeness (QED) is 0.555. The average Bonchev–Trinajstić information content (AvgIpc) is 2.02. The van der Waals surface area contributed by atoms with Crippen LogP contribution in [0.15, 0.2) is 0 Å². The molecule has 0 rings (SSSR count). The van der Waals surface area contributed by atoms with Gasteiger partial charge >= 0.3 is 0 Å². The molecule has 0 N–H and O–H groups in total. The summed E-state index contributed by atoms with van der Waals surface area (Å²) in [5, 5.41) is 0. The summed E-state index contributed by atoms with van der Waals surface area (Å²) in [6.07, 6.45) is 4.14. The lowest BCUT2D eigenvalue weighted by atomic mass is 9.96. The molecular formula is C9H18O2. The van der Waals surface area contributed by atoms with Crippen molar-refractivity contribution in [1.29, 1.82) is 0 Å². The Labute approximate surface area is 68.9 Å². The fraction of sp³-hybridized carbons (Fsp3) is 0.889. The van der Waals surface area contributed by atoms with Gasteiger partial charge in [0.15, 0.2) is 0 Å². The Hall–Kier alpha value is -0.530. The molecule has 0 spiro atoms. The van der Waals surface area contributed by atoms with Crippen LogP contribution < -0.4 is 0 Å². The smallest absolute Gasteiger partial charge is 0.293 e. The second-order valence-corrected chi connectivity index (χ2v) is 3.12. The van der Waals surface area contributed by atoms with Crippen LogP contribution in [0, 0.1) is 0 Å². The highest BCUT2D eigenvalue weighted by atomic mass is 16.5. The maximum absolute atomic E-state index is 10.1. The van der Waals surface area contributed by atoms with Crippen molar-refractivity contribution in [2.45, 2.75) is 52.1 Å². The molecule has 2 heteroatoms. The Morgan fingerprint density at radius 2 is 2.09 bits per heavy atom. The van der Waals surface area contributed by atoms with E-state index in [0.29, 0.717) is 6.47 Å². The SMILES string of the molecule is CCCCC(C)(CC)OC=O. The molecule has 2 nitrogen and oxygen atoms in total. The Bertz CT molecular complexity index is 112. The highest BCUT2D eigenvalue weighted by molar-refractivity contribution is 5.38. The summed E-state index contributed by atoms with van der Waals surface area (Å²) in [6.45, 7) is 6.71. The minimum Gasteiger partial charge on any atom is -0.462 e.